The zero-order valence-electron chi connectivity index (χ0n) is 11.5. The van der Waals surface area contributed by atoms with Crippen LogP contribution < -0.4 is 4.74 Å². The van der Waals surface area contributed by atoms with E-state index >= 15 is 0 Å². The van der Waals surface area contributed by atoms with Crippen molar-refractivity contribution >= 4 is 0 Å². The van der Waals surface area contributed by atoms with Gasteiger partial charge in [0.25, 0.3) is 0 Å². The summed E-state index contributed by atoms with van der Waals surface area (Å²) in [6, 6.07) is 8.23. The molecule has 1 saturated carbocycles. The van der Waals surface area contributed by atoms with Crippen molar-refractivity contribution < 1.29 is 14.2 Å². The zero-order valence-corrected chi connectivity index (χ0v) is 11.5. The number of hydrogen-bond acceptors (Lipinski definition) is 3. The summed E-state index contributed by atoms with van der Waals surface area (Å²) in [5, 5.41) is 0. The third-order valence-electron chi connectivity index (χ3n) is 3.94. The lowest BCUT2D eigenvalue weighted by atomic mass is 9.86. The topological polar surface area (TPSA) is 31.0 Å². The van der Waals surface area contributed by atoms with Crippen molar-refractivity contribution in [1.29, 1.82) is 0 Å². The molecule has 1 aliphatic carbocycles. The molecule has 0 N–H and O–H groups in total. The third kappa shape index (κ3) is 3.71. The van der Waals surface area contributed by atoms with E-state index in [4.69, 9.17) is 14.2 Å². The molecule has 0 amide bonds. The Morgan fingerprint density at radius 2 is 1.95 bits per heavy atom. The first kappa shape index (κ1) is 12.9. The van der Waals surface area contributed by atoms with Gasteiger partial charge in [0.15, 0.2) is 0 Å². The van der Waals surface area contributed by atoms with Crippen LogP contribution in [0.2, 0.25) is 0 Å². The summed E-state index contributed by atoms with van der Waals surface area (Å²) in [4.78, 5) is 0. The van der Waals surface area contributed by atoms with Gasteiger partial charge in [0.1, 0.15) is 11.9 Å². The molecule has 19 heavy (non-hydrogen) atoms. The maximum atomic E-state index is 5.71. The van der Waals surface area contributed by atoms with Gasteiger partial charge in [-0.3, -0.25) is 0 Å². The fourth-order valence-corrected chi connectivity index (χ4v) is 2.26. The number of rotatable bonds is 7. The average Bonchev–Trinajstić information content (AvgIpc) is 3.04. The van der Waals surface area contributed by atoms with E-state index in [0.29, 0.717) is 0 Å². The number of hydrogen-bond donors (Lipinski definition) is 0. The molecular formula is C16H22O3. The minimum absolute atomic E-state index is 0.0448. The van der Waals surface area contributed by atoms with Gasteiger partial charge < -0.3 is 14.2 Å². The lowest BCUT2D eigenvalue weighted by molar-refractivity contribution is 0.0722. The van der Waals surface area contributed by atoms with Crippen molar-refractivity contribution in [3.63, 3.8) is 0 Å². The minimum atomic E-state index is -0.0448. The molecule has 1 aromatic rings. The largest absolute Gasteiger partial charge is 0.462 e. The fraction of sp³-hybridized carbons (Fsp3) is 0.625. The second-order valence-corrected chi connectivity index (χ2v) is 5.59. The molecule has 0 spiro atoms. The first-order valence-electron chi connectivity index (χ1n) is 7.30. The van der Waals surface area contributed by atoms with E-state index in [1.54, 1.807) is 0 Å². The van der Waals surface area contributed by atoms with E-state index < -0.39 is 0 Å². The molecule has 0 bridgehead atoms. The van der Waals surface area contributed by atoms with Gasteiger partial charge >= 0.3 is 0 Å². The van der Waals surface area contributed by atoms with Crippen LogP contribution >= 0.6 is 0 Å². The summed E-state index contributed by atoms with van der Waals surface area (Å²) in [6.07, 6.45) is 5.26. The minimum Gasteiger partial charge on any atom is -0.462 e. The molecule has 104 valence electrons. The Balaban J connectivity index is 1.36. The Hall–Kier alpha value is -1.06. The second kappa shape index (κ2) is 5.93. The molecule has 1 heterocycles. The summed E-state index contributed by atoms with van der Waals surface area (Å²) in [7, 11) is 0. The molecule has 1 aliphatic heterocycles. The smallest absolute Gasteiger partial charge is 0.226 e. The summed E-state index contributed by atoms with van der Waals surface area (Å²) in [6.45, 7) is 3.77. The van der Waals surface area contributed by atoms with Crippen LogP contribution in [0.1, 0.15) is 31.7 Å². The third-order valence-corrected chi connectivity index (χ3v) is 3.94. The van der Waals surface area contributed by atoms with Gasteiger partial charge in [-0.05, 0) is 49.8 Å². The highest BCUT2D eigenvalue weighted by Gasteiger charge is 2.36. The first-order chi connectivity index (χ1) is 9.31. The van der Waals surface area contributed by atoms with Crippen LogP contribution in [0.25, 0.3) is 0 Å². The van der Waals surface area contributed by atoms with Gasteiger partial charge in [0, 0.05) is 6.61 Å². The number of epoxide rings is 1. The molecule has 0 radical (unpaired) electrons. The van der Waals surface area contributed by atoms with Crippen LogP contribution in [0.5, 0.6) is 5.75 Å². The molecule has 1 aromatic carbocycles. The van der Waals surface area contributed by atoms with E-state index in [-0.39, 0.29) is 12.4 Å². The maximum Gasteiger partial charge on any atom is 0.226 e. The Labute approximate surface area is 114 Å². The van der Waals surface area contributed by atoms with Crippen LogP contribution in [0.4, 0.5) is 0 Å². The van der Waals surface area contributed by atoms with Gasteiger partial charge in [-0.25, -0.2) is 0 Å². The predicted octanol–water partition coefficient (Wildman–Crippen LogP) is 3.17. The van der Waals surface area contributed by atoms with Gasteiger partial charge in [-0.1, -0.05) is 18.6 Å². The van der Waals surface area contributed by atoms with Crippen LogP contribution in [-0.4, -0.2) is 25.6 Å². The van der Waals surface area contributed by atoms with Crippen molar-refractivity contribution in [3.8, 4) is 5.75 Å². The van der Waals surface area contributed by atoms with Gasteiger partial charge in [-0.2, -0.15) is 0 Å². The van der Waals surface area contributed by atoms with Crippen molar-refractivity contribution in [2.24, 2.45) is 5.92 Å². The maximum absolute atomic E-state index is 5.71. The molecule has 2 aliphatic rings. The number of ether oxygens (including phenoxy) is 3. The normalized spacial score (nSPS) is 25.9. The van der Waals surface area contributed by atoms with E-state index in [2.05, 4.69) is 12.1 Å². The monoisotopic (exact) mass is 262 g/mol. The van der Waals surface area contributed by atoms with Crippen LogP contribution in [-0.2, 0) is 15.9 Å². The summed E-state index contributed by atoms with van der Waals surface area (Å²) in [5.74, 6) is 1.71. The second-order valence-electron chi connectivity index (χ2n) is 5.59. The highest BCUT2D eigenvalue weighted by molar-refractivity contribution is 5.27. The molecule has 3 rings (SSSR count). The Kier molecular flexibility index (Phi) is 4.04. The lowest BCUT2D eigenvalue weighted by Crippen LogP contribution is -2.18. The first-order valence-corrected chi connectivity index (χ1v) is 7.30. The van der Waals surface area contributed by atoms with Crippen molar-refractivity contribution in [3.05, 3.63) is 29.8 Å². The van der Waals surface area contributed by atoms with Crippen molar-refractivity contribution in [1.82, 2.24) is 0 Å². The van der Waals surface area contributed by atoms with Gasteiger partial charge in [-0.15, -0.1) is 0 Å². The highest BCUT2D eigenvalue weighted by Crippen LogP contribution is 2.27. The zero-order chi connectivity index (χ0) is 13.1. The Morgan fingerprint density at radius 1 is 1.21 bits per heavy atom. The van der Waals surface area contributed by atoms with E-state index in [1.165, 1.54) is 24.8 Å². The fourth-order valence-electron chi connectivity index (χ4n) is 2.26. The van der Waals surface area contributed by atoms with Crippen molar-refractivity contribution in [2.45, 2.75) is 45.0 Å². The predicted molar refractivity (Wildman–Crippen MR) is 73.3 cm³/mol. The highest BCUT2D eigenvalue weighted by atomic mass is 16.8. The molecule has 1 saturated heterocycles. The van der Waals surface area contributed by atoms with Crippen LogP contribution in [0.15, 0.2) is 24.3 Å². The summed E-state index contributed by atoms with van der Waals surface area (Å²) >= 11 is 0. The molecule has 2 atom stereocenters. The quantitative estimate of drug-likeness (QED) is 0.558. The molecule has 2 unspecified atom stereocenters. The van der Waals surface area contributed by atoms with Gasteiger partial charge in [0.2, 0.25) is 6.29 Å². The van der Waals surface area contributed by atoms with E-state index in [1.807, 2.05) is 19.1 Å². The Bertz CT molecular complexity index is 397. The van der Waals surface area contributed by atoms with E-state index in [0.717, 1.165) is 31.3 Å². The average molecular weight is 262 g/mol. The standard InChI is InChI=1S/C16H22O3/c1-12-16(18-12)19-15-7-5-13(6-8-15)9-10-17-11-14-3-2-4-14/h5-8,12,14,16H,2-4,9-11H2,1H3. The van der Waals surface area contributed by atoms with Gasteiger partial charge in [0.05, 0.1) is 6.61 Å². The van der Waals surface area contributed by atoms with Crippen LogP contribution in [0, 0.1) is 5.92 Å². The Morgan fingerprint density at radius 3 is 2.53 bits per heavy atom. The SMILES string of the molecule is CC1OC1Oc1ccc(CCOCC2CCC2)cc1. The summed E-state index contributed by atoms with van der Waals surface area (Å²) < 4.78 is 16.6. The number of benzene rings is 1. The molecule has 0 aromatic heterocycles. The molecule has 3 heteroatoms. The molecule has 3 nitrogen and oxygen atoms in total. The van der Waals surface area contributed by atoms with Crippen molar-refractivity contribution in [2.75, 3.05) is 13.2 Å². The lowest BCUT2D eigenvalue weighted by Gasteiger charge is -2.24. The van der Waals surface area contributed by atoms with E-state index in [9.17, 15) is 0 Å². The summed E-state index contributed by atoms with van der Waals surface area (Å²) in [5.41, 5.74) is 1.30. The molecule has 2 fully saturated rings. The van der Waals surface area contributed by atoms with Crippen LogP contribution in [0.3, 0.4) is 0 Å². The molecular weight excluding hydrogens is 240 g/mol.